The average molecular weight is 649 g/mol. The van der Waals surface area contributed by atoms with Gasteiger partial charge in [0.25, 0.3) is 11.1 Å². The Balaban J connectivity index is 1.74. The molecule has 1 aliphatic heterocycles. The van der Waals surface area contributed by atoms with Gasteiger partial charge in [0.15, 0.2) is 0 Å². The lowest BCUT2D eigenvalue weighted by Gasteiger charge is -2.15. The molecule has 0 spiro atoms. The van der Waals surface area contributed by atoms with Gasteiger partial charge in [0.2, 0.25) is 0 Å². The quantitative estimate of drug-likeness (QED) is 0.271. The minimum atomic E-state index is -0.300. The molecule has 2 aromatic rings. The number of thioether (sulfide) groups is 1. The van der Waals surface area contributed by atoms with Crippen LogP contribution in [0.2, 0.25) is 0 Å². The summed E-state index contributed by atoms with van der Waals surface area (Å²) in [6, 6.07) is 9.93. The van der Waals surface area contributed by atoms with Gasteiger partial charge in [-0.3, -0.25) is 14.5 Å². The van der Waals surface area contributed by atoms with Gasteiger partial charge < -0.3 is 9.47 Å². The molecule has 1 saturated heterocycles. The Labute approximate surface area is 207 Å². The second-order valence-corrected chi connectivity index (χ2v) is 10.1. The number of halogens is 2. The fraction of sp³-hybridized carbons (Fsp3) is 0.273. The number of imide groups is 1. The number of ether oxygens (including phenoxy) is 2. The molecule has 0 saturated carbocycles. The van der Waals surface area contributed by atoms with Gasteiger partial charge in [0.1, 0.15) is 18.1 Å². The number of hydrogen-bond donors (Lipinski definition) is 0. The SMILES string of the molecule is CCOc1c(I)cc(I)cc1/C=C1\SC(=O)N(CCOc2cc(C)ccc2C)C1=O. The number of nitrogens with zero attached hydrogens (tertiary/aromatic N) is 1. The zero-order chi connectivity index (χ0) is 21.8. The lowest BCUT2D eigenvalue weighted by Crippen LogP contribution is -2.32. The van der Waals surface area contributed by atoms with E-state index >= 15 is 0 Å². The van der Waals surface area contributed by atoms with Gasteiger partial charge in [0, 0.05) is 9.13 Å². The van der Waals surface area contributed by atoms with Crippen LogP contribution in [0, 0.1) is 21.0 Å². The van der Waals surface area contributed by atoms with Crippen LogP contribution in [0.25, 0.3) is 6.08 Å². The number of rotatable bonds is 7. The van der Waals surface area contributed by atoms with Crippen molar-refractivity contribution in [2.45, 2.75) is 20.8 Å². The summed E-state index contributed by atoms with van der Waals surface area (Å²) in [5, 5.41) is -0.283. The van der Waals surface area contributed by atoms with Gasteiger partial charge >= 0.3 is 0 Å². The highest BCUT2D eigenvalue weighted by Gasteiger charge is 2.35. The fourth-order valence-corrected chi connectivity index (χ4v) is 5.83. The molecule has 3 rings (SSSR count). The third kappa shape index (κ3) is 5.50. The molecule has 158 valence electrons. The molecule has 0 bridgehead atoms. The van der Waals surface area contributed by atoms with E-state index in [-0.39, 0.29) is 24.3 Å². The Morgan fingerprint density at radius 2 is 1.87 bits per heavy atom. The molecule has 0 aromatic heterocycles. The van der Waals surface area contributed by atoms with Gasteiger partial charge in [-0.15, -0.1) is 0 Å². The molecule has 2 aromatic carbocycles. The summed E-state index contributed by atoms with van der Waals surface area (Å²) in [5.74, 6) is 1.20. The highest BCUT2D eigenvalue weighted by molar-refractivity contribution is 14.1. The maximum absolute atomic E-state index is 12.8. The van der Waals surface area contributed by atoms with Crippen molar-refractivity contribution in [2.24, 2.45) is 0 Å². The first-order valence-electron chi connectivity index (χ1n) is 9.37. The Kier molecular flexibility index (Phi) is 8.08. The minimum absolute atomic E-state index is 0.206. The van der Waals surface area contributed by atoms with Crippen LogP contribution in [0.3, 0.4) is 0 Å². The van der Waals surface area contributed by atoms with E-state index in [1.54, 1.807) is 6.08 Å². The molecular weight excluding hydrogens is 628 g/mol. The molecule has 0 unspecified atom stereocenters. The highest BCUT2D eigenvalue weighted by Crippen LogP contribution is 2.36. The Morgan fingerprint density at radius 3 is 2.60 bits per heavy atom. The van der Waals surface area contributed by atoms with E-state index in [1.807, 2.05) is 51.1 Å². The van der Waals surface area contributed by atoms with E-state index < -0.39 is 0 Å². The highest BCUT2D eigenvalue weighted by atomic mass is 127. The topological polar surface area (TPSA) is 55.8 Å². The molecule has 5 nitrogen and oxygen atoms in total. The molecule has 0 radical (unpaired) electrons. The normalized spacial score (nSPS) is 15.2. The van der Waals surface area contributed by atoms with E-state index in [1.165, 1.54) is 4.90 Å². The fourth-order valence-electron chi connectivity index (χ4n) is 2.93. The van der Waals surface area contributed by atoms with Crippen molar-refractivity contribution in [3.05, 3.63) is 59.1 Å². The number of benzene rings is 2. The molecule has 8 heteroatoms. The molecular formula is C22H21I2NO4S. The van der Waals surface area contributed by atoms with Crippen LogP contribution in [0.15, 0.2) is 35.2 Å². The number of amides is 2. The molecule has 0 N–H and O–H groups in total. The zero-order valence-corrected chi connectivity index (χ0v) is 22.0. The first-order valence-corrected chi connectivity index (χ1v) is 12.3. The van der Waals surface area contributed by atoms with Crippen LogP contribution in [0.4, 0.5) is 4.79 Å². The van der Waals surface area contributed by atoms with Gasteiger partial charge in [-0.2, -0.15) is 0 Å². The van der Waals surface area contributed by atoms with Crippen molar-refractivity contribution in [3.63, 3.8) is 0 Å². The van der Waals surface area contributed by atoms with E-state index in [4.69, 9.17) is 9.47 Å². The van der Waals surface area contributed by atoms with Crippen LogP contribution in [0.5, 0.6) is 11.5 Å². The van der Waals surface area contributed by atoms with Crippen molar-refractivity contribution in [2.75, 3.05) is 19.8 Å². The summed E-state index contributed by atoms with van der Waals surface area (Å²) in [6.45, 7) is 6.86. The molecule has 2 amide bonds. The second-order valence-electron chi connectivity index (χ2n) is 6.69. The summed E-state index contributed by atoms with van der Waals surface area (Å²) >= 11 is 5.40. The van der Waals surface area contributed by atoms with Gasteiger partial charge in [-0.25, -0.2) is 0 Å². The molecule has 30 heavy (non-hydrogen) atoms. The molecule has 1 aliphatic rings. The number of carbonyl (C=O) groups is 2. The molecule has 1 fully saturated rings. The average Bonchev–Trinajstić information content (AvgIpc) is 2.94. The van der Waals surface area contributed by atoms with Crippen LogP contribution < -0.4 is 9.47 Å². The summed E-state index contributed by atoms with van der Waals surface area (Å²) in [5.41, 5.74) is 2.92. The number of carbonyl (C=O) groups excluding carboxylic acids is 2. The number of aryl methyl sites for hydroxylation is 2. The number of hydrogen-bond acceptors (Lipinski definition) is 5. The summed E-state index contributed by atoms with van der Waals surface area (Å²) < 4.78 is 13.6. The Hall–Kier alpha value is -1.27. The van der Waals surface area contributed by atoms with Crippen molar-refractivity contribution < 1.29 is 19.1 Å². The lowest BCUT2D eigenvalue weighted by atomic mass is 10.1. The monoisotopic (exact) mass is 649 g/mol. The standard InChI is InChI=1S/C22H21I2NO4S/c1-4-28-20-15(10-16(23)12-17(20)24)11-19-21(26)25(22(27)30-19)7-8-29-18-9-13(2)5-6-14(18)3/h5-6,9-12H,4,7-8H2,1-3H3/b19-11-. The second kappa shape index (κ2) is 10.4. The Bertz CT molecular complexity index is 1020. The summed E-state index contributed by atoms with van der Waals surface area (Å²) in [7, 11) is 0. The summed E-state index contributed by atoms with van der Waals surface area (Å²) in [4.78, 5) is 26.9. The van der Waals surface area contributed by atoms with Crippen LogP contribution in [-0.2, 0) is 4.79 Å². The van der Waals surface area contributed by atoms with E-state index in [0.717, 1.165) is 47.1 Å². The Morgan fingerprint density at radius 1 is 1.10 bits per heavy atom. The summed E-state index contributed by atoms with van der Waals surface area (Å²) in [6.07, 6.45) is 1.74. The van der Waals surface area contributed by atoms with Crippen molar-refractivity contribution >= 4 is 74.2 Å². The van der Waals surface area contributed by atoms with Crippen molar-refractivity contribution in [1.82, 2.24) is 4.90 Å². The van der Waals surface area contributed by atoms with Crippen LogP contribution in [0.1, 0.15) is 23.6 Å². The van der Waals surface area contributed by atoms with Crippen LogP contribution in [-0.4, -0.2) is 35.8 Å². The van der Waals surface area contributed by atoms with E-state index in [0.29, 0.717) is 11.5 Å². The molecule has 0 atom stereocenters. The predicted octanol–water partition coefficient (Wildman–Crippen LogP) is 6.03. The van der Waals surface area contributed by atoms with E-state index in [2.05, 4.69) is 45.2 Å². The van der Waals surface area contributed by atoms with Gasteiger partial charge in [0.05, 0.1) is 21.6 Å². The van der Waals surface area contributed by atoms with Crippen molar-refractivity contribution in [3.8, 4) is 11.5 Å². The van der Waals surface area contributed by atoms with Crippen molar-refractivity contribution in [1.29, 1.82) is 0 Å². The van der Waals surface area contributed by atoms with E-state index in [9.17, 15) is 9.59 Å². The lowest BCUT2D eigenvalue weighted by molar-refractivity contribution is -0.123. The molecule has 1 heterocycles. The largest absolute Gasteiger partial charge is 0.492 e. The smallest absolute Gasteiger partial charge is 0.293 e. The van der Waals surface area contributed by atoms with Gasteiger partial charge in [-0.1, -0.05) is 12.1 Å². The third-order valence-corrected chi connectivity index (χ3v) is 6.73. The zero-order valence-electron chi connectivity index (χ0n) is 16.8. The minimum Gasteiger partial charge on any atom is -0.492 e. The molecule has 0 aliphatic carbocycles. The van der Waals surface area contributed by atoms with Crippen LogP contribution >= 0.6 is 56.9 Å². The maximum atomic E-state index is 12.8. The first-order chi connectivity index (χ1) is 14.3. The third-order valence-electron chi connectivity index (χ3n) is 4.40. The van der Waals surface area contributed by atoms with Gasteiger partial charge in [-0.05, 0) is 113 Å². The first kappa shape index (κ1) is 23.4. The predicted molar refractivity (Wildman–Crippen MR) is 137 cm³/mol. The maximum Gasteiger partial charge on any atom is 0.293 e.